The van der Waals surface area contributed by atoms with Crippen molar-refractivity contribution in [3.63, 3.8) is 0 Å². The molecule has 3 aromatic carbocycles. The first-order valence-electron chi connectivity index (χ1n) is 11.9. The third kappa shape index (κ3) is 5.35. The van der Waals surface area contributed by atoms with E-state index in [2.05, 4.69) is 0 Å². The molecule has 37 heavy (non-hydrogen) atoms. The Morgan fingerprint density at radius 2 is 1.49 bits per heavy atom. The summed E-state index contributed by atoms with van der Waals surface area (Å²) in [6.45, 7) is 0.929. The number of amides is 1. The number of benzene rings is 3. The Morgan fingerprint density at radius 3 is 2.00 bits per heavy atom. The third-order valence-electron chi connectivity index (χ3n) is 6.37. The van der Waals surface area contributed by atoms with E-state index >= 15 is 0 Å². The average Bonchev–Trinajstić information content (AvgIpc) is 3.14. The normalized spacial score (nSPS) is 13.1. The summed E-state index contributed by atoms with van der Waals surface area (Å²) >= 11 is 0. The summed E-state index contributed by atoms with van der Waals surface area (Å²) in [5.41, 5.74) is 2.12. The van der Waals surface area contributed by atoms with Gasteiger partial charge in [-0.3, -0.25) is 4.90 Å². The van der Waals surface area contributed by atoms with Crippen LogP contribution in [0.2, 0.25) is 0 Å². The quantitative estimate of drug-likeness (QED) is 0.295. The highest BCUT2D eigenvalue weighted by Crippen LogP contribution is 2.44. The van der Waals surface area contributed by atoms with E-state index in [-0.39, 0.29) is 29.3 Å². The van der Waals surface area contributed by atoms with E-state index in [0.717, 1.165) is 39.3 Å². The van der Waals surface area contributed by atoms with Crippen LogP contribution in [0.25, 0.3) is 11.1 Å². The van der Waals surface area contributed by atoms with Crippen LogP contribution in [-0.2, 0) is 9.47 Å². The van der Waals surface area contributed by atoms with E-state index in [1.165, 1.54) is 14.0 Å². The lowest BCUT2D eigenvalue weighted by atomic mass is 9.78. The predicted octanol–water partition coefficient (Wildman–Crippen LogP) is 6.39. The number of rotatable bonds is 5. The third-order valence-corrected chi connectivity index (χ3v) is 6.37. The maximum absolute atomic E-state index is 13.8. The molecule has 0 heterocycles. The molecule has 5 nitrogen and oxygen atoms in total. The van der Waals surface area contributed by atoms with Gasteiger partial charge in [0.25, 0.3) is 0 Å². The number of nitrogens with zero attached hydrogens (tertiary/aromatic N) is 1. The minimum Gasteiger partial charge on any atom is -0.456 e. The van der Waals surface area contributed by atoms with Crippen LogP contribution in [0, 0.1) is 6.92 Å². The Kier molecular flexibility index (Phi) is 6.84. The van der Waals surface area contributed by atoms with Crippen molar-refractivity contribution >= 4 is 30.2 Å². The van der Waals surface area contributed by atoms with Gasteiger partial charge in [0, 0.05) is 18.7 Å². The fraction of sp³-hybridized carbons (Fsp3) is 0.286. The molecule has 0 radical (unpaired) electrons. The number of carbonyl (C=O) groups excluding carboxylic acids is 2. The van der Waals surface area contributed by atoms with Crippen LogP contribution in [0.5, 0.6) is 0 Å². The van der Waals surface area contributed by atoms with E-state index in [4.69, 9.17) is 9.47 Å². The molecular weight excluding hydrogens is 482 g/mol. The fourth-order valence-electron chi connectivity index (χ4n) is 4.59. The molecule has 0 atom stereocenters. The largest absolute Gasteiger partial charge is 0.509 e. The van der Waals surface area contributed by atoms with Crippen LogP contribution in [0.15, 0.2) is 60.7 Å². The first kappa shape index (κ1) is 26.3. The lowest BCUT2D eigenvalue weighted by Gasteiger charge is -2.26. The van der Waals surface area contributed by atoms with Crippen LogP contribution >= 0.6 is 0 Å². The van der Waals surface area contributed by atoms with Crippen molar-refractivity contribution in [2.24, 2.45) is 0 Å². The van der Waals surface area contributed by atoms with E-state index in [1.807, 2.05) is 48.5 Å². The van der Waals surface area contributed by atoms with Crippen molar-refractivity contribution in [2.45, 2.75) is 39.2 Å². The molecule has 0 saturated heterocycles. The van der Waals surface area contributed by atoms with Gasteiger partial charge in [-0.1, -0.05) is 60.7 Å². The number of halogens is 3. The molecule has 194 valence electrons. The topological polar surface area (TPSA) is 55.8 Å². The maximum Gasteiger partial charge on any atom is 0.509 e. The molecule has 0 spiro atoms. The standard InChI is InChI=1S/C28H28BF3NO4/c1-17-23(26(34)37-28(2,3)4)14-18(29(30,31)32)15-25(17)33(5)27(35)36-16-24-21-12-8-6-10-19(21)20-11-7-9-13-22(20)24/h6-15,24H,16H2,1-5H3/q-1. The average molecular weight is 510 g/mol. The van der Waals surface area contributed by atoms with Crippen LogP contribution in [0.4, 0.5) is 23.4 Å². The van der Waals surface area contributed by atoms with Gasteiger partial charge >= 0.3 is 19.0 Å². The first-order chi connectivity index (χ1) is 17.3. The highest BCUT2D eigenvalue weighted by molar-refractivity contribution is 6.73. The summed E-state index contributed by atoms with van der Waals surface area (Å²) in [5, 5.41) is 0. The molecular formula is C28H28BF3NO4-. The Hall–Kier alpha value is -3.75. The van der Waals surface area contributed by atoms with E-state index in [0.29, 0.717) is 0 Å². The Morgan fingerprint density at radius 1 is 0.946 bits per heavy atom. The highest BCUT2D eigenvalue weighted by Gasteiger charge is 2.32. The summed E-state index contributed by atoms with van der Waals surface area (Å²) in [4.78, 5) is 26.8. The number of hydrogen-bond acceptors (Lipinski definition) is 4. The van der Waals surface area contributed by atoms with Crippen molar-refractivity contribution in [1.29, 1.82) is 0 Å². The minimum atomic E-state index is -5.44. The van der Waals surface area contributed by atoms with E-state index in [9.17, 15) is 22.5 Å². The van der Waals surface area contributed by atoms with E-state index < -0.39 is 30.1 Å². The monoisotopic (exact) mass is 510 g/mol. The van der Waals surface area contributed by atoms with Gasteiger partial charge in [-0.2, -0.15) is 0 Å². The lowest BCUT2D eigenvalue weighted by molar-refractivity contribution is 0.00687. The van der Waals surface area contributed by atoms with Crippen molar-refractivity contribution in [3.05, 3.63) is 82.9 Å². The zero-order chi connectivity index (χ0) is 27.1. The number of fused-ring (bicyclic) bond motifs is 3. The van der Waals surface area contributed by atoms with Gasteiger partial charge in [0.05, 0.1) is 5.56 Å². The zero-order valence-electron chi connectivity index (χ0n) is 21.3. The molecule has 1 aliphatic rings. The second-order valence-corrected chi connectivity index (χ2v) is 10.2. The SMILES string of the molecule is Cc1c(C(=O)OC(C)(C)C)cc([B-](F)(F)F)cc1N(C)C(=O)OCC1c2ccccc2-c2ccccc21. The number of carbonyl (C=O) groups is 2. The predicted molar refractivity (Wildman–Crippen MR) is 139 cm³/mol. The van der Waals surface area contributed by atoms with E-state index in [1.54, 1.807) is 20.8 Å². The molecule has 0 N–H and O–H groups in total. The second-order valence-electron chi connectivity index (χ2n) is 10.2. The molecule has 4 rings (SSSR count). The van der Waals surface area contributed by atoms with Crippen molar-refractivity contribution < 1.29 is 32.0 Å². The smallest absolute Gasteiger partial charge is 0.456 e. The molecule has 0 unspecified atom stereocenters. The molecule has 3 aromatic rings. The highest BCUT2D eigenvalue weighted by atomic mass is 19.4. The van der Waals surface area contributed by atoms with Crippen LogP contribution in [-0.4, -0.2) is 38.3 Å². The Labute approximate surface area is 214 Å². The number of hydrogen-bond donors (Lipinski definition) is 0. The van der Waals surface area contributed by atoms with Crippen molar-refractivity contribution in [1.82, 2.24) is 0 Å². The second kappa shape index (κ2) is 9.61. The van der Waals surface area contributed by atoms with Crippen LogP contribution < -0.4 is 10.4 Å². The van der Waals surface area contributed by atoms with Crippen LogP contribution in [0.1, 0.15) is 53.7 Å². The van der Waals surface area contributed by atoms with Crippen LogP contribution in [0.3, 0.4) is 0 Å². The van der Waals surface area contributed by atoms with Gasteiger partial charge in [0.15, 0.2) is 0 Å². The molecule has 0 fully saturated rings. The molecule has 1 amide bonds. The Balaban J connectivity index is 1.62. The number of anilines is 1. The lowest BCUT2D eigenvalue weighted by Crippen LogP contribution is -2.37. The van der Waals surface area contributed by atoms with Gasteiger partial charge in [-0.05, 0) is 55.5 Å². The number of esters is 1. The maximum atomic E-state index is 13.8. The van der Waals surface area contributed by atoms with Gasteiger partial charge in [0.1, 0.15) is 12.2 Å². The fourth-order valence-corrected chi connectivity index (χ4v) is 4.59. The minimum absolute atomic E-state index is 0.0120. The zero-order valence-corrected chi connectivity index (χ0v) is 21.3. The van der Waals surface area contributed by atoms with Gasteiger partial charge in [-0.25, -0.2) is 9.59 Å². The summed E-state index contributed by atoms with van der Waals surface area (Å²) in [6, 6.07) is 17.3. The summed E-state index contributed by atoms with van der Waals surface area (Å²) in [7, 11) is 1.33. The van der Waals surface area contributed by atoms with Crippen molar-refractivity contribution in [3.8, 4) is 11.1 Å². The molecule has 0 saturated carbocycles. The van der Waals surface area contributed by atoms with Gasteiger partial charge in [-0.15, -0.1) is 5.46 Å². The summed E-state index contributed by atoms with van der Waals surface area (Å²) in [5.74, 6) is -1.10. The van der Waals surface area contributed by atoms with Gasteiger partial charge in [0.2, 0.25) is 0 Å². The Bertz CT molecular complexity index is 1320. The first-order valence-corrected chi connectivity index (χ1v) is 11.9. The molecule has 0 aliphatic heterocycles. The van der Waals surface area contributed by atoms with Gasteiger partial charge < -0.3 is 22.4 Å². The van der Waals surface area contributed by atoms with Crippen molar-refractivity contribution in [2.75, 3.05) is 18.6 Å². The molecule has 0 bridgehead atoms. The summed E-state index contributed by atoms with van der Waals surface area (Å²) in [6.07, 6.45) is -0.827. The molecule has 0 aromatic heterocycles. The summed E-state index contributed by atoms with van der Waals surface area (Å²) < 4.78 is 52.2. The molecule has 1 aliphatic carbocycles. The molecule has 9 heteroatoms. The number of ether oxygens (including phenoxy) is 2.